The Hall–Kier alpha value is -3.49. The van der Waals surface area contributed by atoms with Crippen LogP contribution in [-0.2, 0) is 32.1 Å². The van der Waals surface area contributed by atoms with Crippen LogP contribution in [0.15, 0.2) is 73.3 Å². The lowest BCUT2D eigenvalue weighted by Gasteiger charge is -2.39. The number of amides is 2. The molecule has 2 aromatic rings. The number of hydrogen-bond acceptors (Lipinski definition) is 5. The van der Waals surface area contributed by atoms with Gasteiger partial charge in [0.25, 0.3) is 0 Å². The van der Waals surface area contributed by atoms with Gasteiger partial charge in [0, 0.05) is 13.1 Å². The Balaban J connectivity index is 1.56. The van der Waals surface area contributed by atoms with E-state index in [0.717, 1.165) is 11.1 Å². The van der Waals surface area contributed by atoms with Crippen LogP contribution < -0.4 is 0 Å². The Morgan fingerprint density at radius 3 is 2.38 bits per heavy atom. The topological polar surface area (TPSA) is 107 Å². The molecule has 2 aromatic carbocycles. The van der Waals surface area contributed by atoms with Crippen LogP contribution in [0.1, 0.15) is 24.0 Å². The number of rotatable bonds is 10. The molecule has 0 unspecified atom stereocenters. The van der Waals surface area contributed by atoms with Gasteiger partial charge in [-0.05, 0) is 30.4 Å². The molecule has 0 aromatic heterocycles. The van der Waals surface area contributed by atoms with Crippen LogP contribution >= 0.6 is 0 Å². The number of carbonyl (C=O) groups excluding carboxylic acids is 2. The first-order valence-corrected chi connectivity index (χ1v) is 12.7. The van der Waals surface area contributed by atoms with Gasteiger partial charge in [0.2, 0.25) is 11.8 Å². The van der Waals surface area contributed by atoms with Crippen LogP contribution in [-0.4, -0.2) is 74.7 Å². The van der Waals surface area contributed by atoms with Crippen molar-refractivity contribution in [1.82, 2.24) is 9.80 Å². The first-order valence-electron chi connectivity index (χ1n) is 12.7. The predicted octanol–water partition coefficient (Wildman–Crippen LogP) is 2.26. The zero-order chi connectivity index (χ0) is 26.2. The van der Waals surface area contributed by atoms with Gasteiger partial charge in [-0.1, -0.05) is 66.7 Å². The molecule has 2 amide bonds. The van der Waals surface area contributed by atoms with Crippen LogP contribution in [0.25, 0.3) is 0 Å². The lowest BCUT2D eigenvalue weighted by atomic mass is 9.70. The maximum Gasteiger partial charge on any atom is 0.310 e. The number of likely N-dealkylation sites (tertiary alicyclic amines) is 1. The van der Waals surface area contributed by atoms with Crippen LogP contribution in [0.3, 0.4) is 0 Å². The van der Waals surface area contributed by atoms with E-state index >= 15 is 0 Å². The Labute approximate surface area is 216 Å². The number of aliphatic hydroxyl groups is 1. The molecule has 37 heavy (non-hydrogen) atoms. The summed E-state index contributed by atoms with van der Waals surface area (Å²) in [5, 5.41) is 20.5. The molecule has 0 saturated carbocycles. The van der Waals surface area contributed by atoms with Crippen molar-refractivity contribution in [2.24, 2.45) is 11.8 Å². The number of aliphatic carboxylic acids is 1. The highest BCUT2D eigenvalue weighted by Crippen LogP contribution is 2.59. The van der Waals surface area contributed by atoms with Crippen molar-refractivity contribution in [3.63, 3.8) is 0 Å². The van der Waals surface area contributed by atoms with Crippen molar-refractivity contribution in [3.8, 4) is 0 Å². The minimum absolute atomic E-state index is 0.251. The molecular formula is C29H32N2O6. The minimum atomic E-state index is -1.23. The third-order valence-corrected chi connectivity index (χ3v) is 8.05. The summed E-state index contributed by atoms with van der Waals surface area (Å²) in [6.07, 6.45) is 2.25. The highest BCUT2D eigenvalue weighted by Gasteiger charge is 2.75. The fourth-order valence-electron chi connectivity index (χ4n) is 6.55. The molecule has 8 nitrogen and oxygen atoms in total. The van der Waals surface area contributed by atoms with Gasteiger partial charge in [-0.15, -0.1) is 6.58 Å². The van der Waals surface area contributed by atoms with Gasteiger partial charge >= 0.3 is 5.97 Å². The Morgan fingerprint density at radius 2 is 1.78 bits per heavy atom. The van der Waals surface area contributed by atoms with Crippen LogP contribution in [0.5, 0.6) is 0 Å². The van der Waals surface area contributed by atoms with E-state index < -0.39 is 47.5 Å². The van der Waals surface area contributed by atoms with E-state index in [1.54, 1.807) is 11.0 Å². The maximum absolute atomic E-state index is 14.3. The third-order valence-electron chi connectivity index (χ3n) is 8.05. The minimum Gasteiger partial charge on any atom is -0.481 e. The molecule has 6 atom stereocenters. The first kappa shape index (κ1) is 25.2. The molecule has 194 valence electrons. The Morgan fingerprint density at radius 1 is 1.14 bits per heavy atom. The van der Waals surface area contributed by atoms with E-state index in [4.69, 9.17) is 4.74 Å². The molecule has 3 saturated heterocycles. The molecular weight excluding hydrogens is 472 g/mol. The smallest absolute Gasteiger partial charge is 0.310 e. The van der Waals surface area contributed by atoms with E-state index in [2.05, 4.69) is 6.58 Å². The number of fused-ring (bicyclic) bond motifs is 1. The average Bonchev–Trinajstić information content (AvgIpc) is 3.55. The predicted molar refractivity (Wildman–Crippen MR) is 135 cm³/mol. The highest BCUT2D eigenvalue weighted by atomic mass is 16.5. The van der Waals surface area contributed by atoms with Gasteiger partial charge in [-0.25, -0.2) is 0 Å². The Bertz CT molecular complexity index is 1170. The summed E-state index contributed by atoms with van der Waals surface area (Å²) in [5.41, 5.74) is 0.593. The first-order chi connectivity index (χ1) is 17.9. The summed E-state index contributed by atoms with van der Waals surface area (Å²) in [4.78, 5) is 43.7. The SMILES string of the molecule is C=CCN(Cc1ccccc1)C(=O)[C@@H]1N([C@@H](CO)Cc2ccccc2)C(=O)[C@H]2[C@H](C(=O)O)[C@@H]3CC[C@]12O3. The lowest BCUT2D eigenvalue weighted by molar-refractivity contribution is -0.153. The van der Waals surface area contributed by atoms with Crippen molar-refractivity contribution in [1.29, 1.82) is 0 Å². The normalized spacial score (nSPS) is 28.7. The van der Waals surface area contributed by atoms with Crippen molar-refractivity contribution in [2.45, 2.75) is 49.6 Å². The van der Waals surface area contributed by atoms with E-state index in [1.807, 2.05) is 60.7 Å². The van der Waals surface area contributed by atoms with Gasteiger partial charge in [-0.2, -0.15) is 0 Å². The van der Waals surface area contributed by atoms with Gasteiger partial charge < -0.3 is 24.7 Å². The molecule has 2 bridgehead atoms. The third kappa shape index (κ3) is 4.24. The van der Waals surface area contributed by atoms with Crippen molar-refractivity contribution in [2.75, 3.05) is 13.2 Å². The number of aliphatic hydroxyl groups excluding tert-OH is 1. The molecule has 3 aliphatic heterocycles. The molecule has 3 heterocycles. The van der Waals surface area contributed by atoms with Crippen molar-refractivity contribution in [3.05, 3.63) is 84.4 Å². The van der Waals surface area contributed by atoms with Gasteiger partial charge in [0.1, 0.15) is 11.6 Å². The quantitative estimate of drug-likeness (QED) is 0.481. The zero-order valence-electron chi connectivity index (χ0n) is 20.6. The second-order valence-corrected chi connectivity index (χ2v) is 10.2. The van der Waals surface area contributed by atoms with Crippen molar-refractivity contribution < 1.29 is 29.3 Å². The summed E-state index contributed by atoms with van der Waals surface area (Å²) in [5.74, 6) is -3.82. The van der Waals surface area contributed by atoms with Crippen LogP contribution in [0.4, 0.5) is 0 Å². The molecule has 5 rings (SSSR count). The maximum atomic E-state index is 14.3. The number of benzene rings is 2. The van der Waals surface area contributed by atoms with Crippen LogP contribution in [0, 0.1) is 11.8 Å². The molecule has 8 heteroatoms. The molecule has 2 N–H and O–H groups in total. The molecule has 0 aliphatic carbocycles. The van der Waals surface area contributed by atoms with Crippen LogP contribution in [0.2, 0.25) is 0 Å². The molecule has 3 aliphatic rings. The monoisotopic (exact) mass is 504 g/mol. The number of hydrogen-bond donors (Lipinski definition) is 2. The number of carboxylic acids is 1. The summed E-state index contributed by atoms with van der Waals surface area (Å²) in [7, 11) is 0. The largest absolute Gasteiger partial charge is 0.481 e. The van der Waals surface area contributed by atoms with E-state index in [-0.39, 0.29) is 19.1 Å². The van der Waals surface area contributed by atoms with E-state index in [1.165, 1.54) is 4.90 Å². The van der Waals surface area contributed by atoms with Gasteiger partial charge in [-0.3, -0.25) is 14.4 Å². The second-order valence-electron chi connectivity index (χ2n) is 10.2. The average molecular weight is 505 g/mol. The molecule has 1 spiro atoms. The standard InChI is InChI=1S/C29H32N2O6/c1-2-15-30(17-20-11-7-4-8-12-20)27(34)25-29-14-13-22(37-29)23(28(35)36)24(29)26(33)31(25)21(18-32)16-19-9-5-3-6-10-19/h2-12,21-25,32H,1,13-18H2,(H,35,36)/t21-,22+,23-,24-,25+,29-/m1/s1. The number of carboxylic acid groups (broad SMARTS) is 1. The van der Waals surface area contributed by atoms with Crippen molar-refractivity contribution >= 4 is 17.8 Å². The van der Waals surface area contributed by atoms with E-state index in [9.17, 15) is 24.6 Å². The summed E-state index contributed by atoms with van der Waals surface area (Å²) < 4.78 is 6.32. The number of nitrogens with zero attached hydrogens (tertiary/aromatic N) is 2. The fourth-order valence-corrected chi connectivity index (χ4v) is 6.55. The Kier molecular flexibility index (Phi) is 6.88. The fraction of sp³-hybridized carbons (Fsp3) is 0.414. The summed E-state index contributed by atoms with van der Waals surface area (Å²) in [6, 6.07) is 17.2. The zero-order valence-corrected chi connectivity index (χ0v) is 20.6. The number of carbonyl (C=O) groups is 3. The molecule has 3 fully saturated rings. The molecule has 0 radical (unpaired) electrons. The lowest BCUT2D eigenvalue weighted by Crippen LogP contribution is -2.59. The second kappa shape index (κ2) is 10.1. The highest BCUT2D eigenvalue weighted by molar-refractivity contribution is 5.98. The van der Waals surface area contributed by atoms with Gasteiger partial charge in [0.15, 0.2) is 0 Å². The number of ether oxygens (including phenoxy) is 1. The summed E-state index contributed by atoms with van der Waals surface area (Å²) in [6.45, 7) is 4.01. The summed E-state index contributed by atoms with van der Waals surface area (Å²) >= 11 is 0. The van der Waals surface area contributed by atoms with E-state index in [0.29, 0.717) is 25.8 Å². The van der Waals surface area contributed by atoms with Gasteiger partial charge in [0.05, 0.1) is 30.6 Å².